The van der Waals surface area contributed by atoms with E-state index in [-0.39, 0.29) is 24.1 Å². The Morgan fingerprint density at radius 3 is 2.92 bits per heavy atom. The number of amides is 1. The van der Waals surface area contributed by atoms with E-state index in [2.05, 4.69) is 16.8 Å². The standard InChI is InChI=1S/C19H23N3O2/c1-13-10-14-6-2-4-8-16(14)22(13)19(24)12-21-17-9-5-3-7-15(17)20-11-18(21)23/h3,5,7,9,11,13-14,16H,2,4,6,8,10,12H2,1H3. The lowest BCUT2D eigenvalue weighted by molar-refractivity contribution is -0.135. The molecular weight excluding hydrogens is 302 g/mol. The predicted molar refractivity (Wildman–Crippen MR) is 92.7 cm³/mol. The van der Waals surface area contributed by atoms with E-state index >= 15 is 0 Å². The van der Waals surface area contributed by atoms with Gasteiger partial charge in [-0.2, -0.15) is 0 Å². The third kappa shape index (κ3) is 2.52. The summed E-state index contributed by atoms with van der Waals surface area (Å²) in [6.45, 7) is 2.25. The summed E-state index contributed by atoms with van der Waals surface area (Å²) < 4.78 is 1.56. The van der Waals surface area contributed by atoms with Gasteiger partial charge >= 0.3 is 0 Å². The Morgan fingerprint density at radius 1 is 1.25 bits per heavy atom. The first-order chi connectivity index (χ1) is 11.6. The van der Waals surface area contributed by atoms with Crippen molar-refractivity contribution < 1.29 is 4.79 Å². The zero-order valence-electron chi connectivity index (χ0n) is 14.0. The van der Waals surface area contributed by atoms with Crippen molar-refractivity contribution in [1.82, 2.24) is 14.5 Å². The van der Waals surface area contributed by atoms with Crippen LogP contribution in [0.3, 0.4) is 0 Å². The smallest absolute Gasteiger partial charge is 0.269 e. The molecule has 126 valence electrons. The van der Waals surface area contributed by atoms with Gasteiger partial charge in [0.05, 0.1) is 17.2 Å². The summed E-state index contributed by atoms with van der Waals surface area (Å²) in [7, 11) is 0. The van der Waals surface area contributed by atoms with Crippen LogP contribution >= 0.6 is 0 Å². The topological polar surface area (TPSA) is 55.2 Å². The molecule has 1 aromatic carbocycles. The van der Waals surface area contributed by atoms with E-state index < -0.39 is 0 Å². The summed E-state index contributed by atoms with van der Waals surface area (Å²) in [4.78, 5) is 31.5. The Balaban J connectivity index is 1.65. The number of hydrogen-bond acceptors (Lipinski definition) is 3. The summed E-state index contributed by atoms with van der Waals surface area (Å²) in [5.74, 6) is 0.707. The van der Waals surface area contributed by atoms with Crippen LogP contribution in [0.5, 0.6) is 0 Å². The maximum atomic E-state index is 13.0. The Kier molecular flexibility index (Phi) is 3.87. The molecule has 0 radical (unpaired) electrons. The molecule has 1 aliphatic heterocycles. The number of para-hydroxylation sites is 2. The van der Waals surface area contributed by atoms with E-state index in [9.17, 15) is 9.59 Å². The number of carbonyl (C=O) groups excluding carboxylic acids is 1. The SMILES string of the molecule is CC1CC2CCCCC2N1C(=O)Cn1c(=O)cnc2ccccc21. The van der Waals surface area contributed by atoms with Gasteiger partial charge in [-0.05, 0) is 44.2 Å². The number of carbonyl (C=O) groups is 1. The van der Waals surface area contributed by atoms with E-state index in [4.69, 9.17) is 0 Å². The lowest BCUT2D eigenvalue weighted by atomic mass is 9.85. The van der Waals surface area contributed by atoms with E-state index in [1.165, 1.54) is 25.5 Å². The minimum absolute atomic E-state index is 0.0651. The lowest BCUT2D eigenvalue weighted by Crippen LogP contribution is -2.45. The zero-order valence-corrected chi connectivity index (χ0v) is 14.0. The maximum absolute atomic E-state index is 13.0. The van der Waals surface area contributed by atoms with E-state index in [0.29, 0.717) is 12.0 Å². The van der Waals surface area contributed by atoms with Gasteiger partial charge in [-0.3, -0.25) is 14.2 Å². The van der Waals surface area contributed by atoms with E-state index in [1.54, 1.807) is 4.57 Å². The highest BCUT2D eigenvalue weighted by atomic mass is 16.2. The van der Waals surface area contributed by atoms with Gasteiger partial charge in [0, 0.05) is 12.1 Å². The molecule has 1 saturated heterocycles. The molecule has 0 bridgehead atoms. The summed E-state index contributed by atoms with van der Waals surface area (Å²) in [6, 6.07) is 8.12. The second-order valence-corrected chi connectivity index (χ2v) is 7.17. The van der Waals surface area contributed by atoms with Crippen LogP contribution in [-0.4, -0.2) is 32.4 Å². The van der Waals surface area contributed by atoms with Gasteiger partial charge in [-0.15, -0.1) is 0 Å². The third-order valence-electron chi connectivity index (χ3n) is 5.68. The molecule has 4 rings (SSSR count). The van der Waals surface area contributed by atoms with Crippen molar-refractivity contribution in [3.05, 3.63) is 40.8 Å². The minimum Gasteiger partial charge on any atom is -0.335 e. The molecule has 3 atom stereocenters. The average Bonchev–Trinajstić information content (AvgIpc) is 2.93. The highest BCUT2D eigenvalue weighted by Crippen LogP contribution is 2.39. The molecule has 24 heavy (non-hydrogen) atoms. The van der Waals surface area contributed by atoms with Crippen molar-refractivity contribution in [3.63, 3.8) is 0 Å². The zero-order chi connectivity index (χ0) is 16.7. The van der Waals surface area contributed by atoms with Crippen LogP contribution < -0.4 is 5.56 Å². The van der Waals surface area contributed by atoms with Crippen molar-refractivity contribution in [2.45, 2.75) is 57.7 Å². The van der Waals surface area contributed by atoms with Gasteiger partial charge in [-0.1, -0.05) is 25.0 Å². The molecule has 2 fully saturated rings. The van der Waals surface area contributed by atoms with Gasteiger partial charge < -0.3 is 4.90 Å². The molecular formula is C19H23N3O2. The summed E-state index contributed by atoms with van der Waals surface area (Å²) >= 11 is 0. The van der Waals surface area contributed by atoms with Crippen molar-refractivity contribution >= 4 is 16.9 Å². The molecule has 3 unspecified atom stereocenters. The largest absolute Gasteiger partial charge is 0.335 e. The number of hydrogen-bond donors (Lipinski definition) is 0. The predicted octanol–water partition coefficient (Wildman–Crippen LogP) is 2.58. The number of benzene rings is 1. The maximum Gasteiger partial charge on any atom is 0.269 e. The minimum atomic E-state index is -0.214. The highest BCUT2D eigenvalue weighted by molar-refractivity contribution is 5.80. The molecule has 2 aromatic rings. The lowest BCUT2D eigenvalue weighted by Gasteiger charge is -2.33. The van der Waals surface area contributed by atoms with Gasteiger partial charge in [0.25, 0.3) is 5.56 Å². The van der Waals surface area contributed by atoms with Crippen LogP contribution in [0, 0.1) is 5.92 Å². The van der Waals surface area contributed by atoms with Crippen molar-refractivity contribution in [2.24, 2.45) is 5.92 Å². The molecule has 1 aromatic heterocycles. The van der Waals surface area contributed by atoms with Crippen LogP contribution in [-0.2, 0) is 11.3 Å². The van der Waals surface area contributed by atoms with Gasteiger partial charge in [-0.25, -0.2) is 4.98 Å². The number of rotatable bonds is 2. The molecule has 2 aliphatic rings. The van der Waals surface area contributed by atoms with Crippen LogP contribution in [0.2, 0.25) is 0 Å². The fourth-order valence-electron chi connectivity index (χ4n) is 4.63. The van der Waals surface area contributed by atoms with Gasteiger partial charge in [0.2, 0.25) is 5.91 Å². The monoisotopic (exact) mass is 325 g/mol. The number of likely N-dealkylation sites (tertiary alicyclic amines) is 1. The van der Waals surface area contributed by atoms with Crippen molar-refractivity contribution in [2.75, 3.05) is 0 Å². The first-order valence-corrected chi connectivity index (χ1v) is 8.91. The normalized spacial score (nSPS) is 26.5. The second-order valence-electron chi connectivity index (χ2n) is 7.17. The van der Waals surface area contributed by atoms with Crippen LogP contribution in [0.25, 0.3) is 11.0 Å². The Morgan fingerprint density at radius 2 is 2.04 bits per heavy atom. The molecule has 1 aliphatic carbocycles. The first kappa shape index (κ1) is 15.4. The van der Waals surface area contributed by atoms with Gasteiger partial charge in [0.1, 0.15) is 6.54 Å². The molecule has 5 nitrogen and oxygen atoms in total. The Bertz CT molecular complexity index is 829. The third-order valence-corrected chi connectivity index (χ3v) is 5.68. The first-order valence-electron chi connectivity index (χ1n) is 8.91. The fourth-order valence-corrected chi connectivity index (χ4v) is 4.63. The van der Waals surface area contributed by atoms with Gasteiger partial charge in [0.15, 0.2) is 0 Å². The van der Waals surface area contributed by atoms with E-state index in [0.717, 1.165) is 23.9 Å². The summed E-state index contributed by atoms with van der Waals surface area (Å²) in [5.41, 5.74) is 1.26. The molecule has 1 amide bonds. The second kappa shape index (κ2) is 6.04. The van der Waals surface area contributed by atoms with Crippen LogP contribution in [0.15, 0.2) is 35.3 Å². The summed E-state index contributed by atoms with van der Waals surface area (Å²) in [5, 5.41) is 0. The van der Waals surface area contributed by atoms with Crippen LogP contribution in [0.1, 0.15) is 39.0 Å². The summed E-state index contributed by atoms with van der Waals surface area (Å²) in [6.07, 6.45) is 7.23. The van der Waals surface area contributed by atoms with Crippen molar-refractivity contribution in [3.8, 4) is 0 Å². The molecule has 5 heteroatoms. The van der Waals surface area contributed by atoms with E-state index in [1.807, 2.05) is 24.3 Å². The average molecular weight is 325 g/mol. The molecule has 2 heterocycles. The quantitative estimate of drug-likeness (QED) is 0.853. The van der Waals surface area contributed by atoms with Crippen LogP contribution in [0.4, 0.5) is 0 Å². The number of aromatic nitrogens is 2. The Hall–Kier alpha value is -2.17. The van der Waals surface area contributed by atoms with Crippen molar-refractivity contribution in [1.29, 1.82) is 0 Å². The number of fused-ring (bicyclic) bond motifs is 2. The molecule has 1 saturated carbocycles. The fraction of sp³-hybridized carbons (Fsp3) is 0.526. The Labute approximate surface area is 141 Å². The highest BCUT2D eigenvalue weighted by Gasteiger charge is 2.42. The number of nitrogens with zero attached hydrogens (tertiary/aromatic N) is 3. The molecule has 0 N–H and O–H groups in total. The molecule has 0 spiro atoms.